The third-order valence-electron chi connectivity index (χ3n) is 3.51. The van der Waals surface area contributed by atoms with Crippen LogP contribution in [0.15, 0.2) is 24.3 Å². The van der Waals surface area contributed by atoms with Gasteiger partial charge in [0.25, 0.3) is 0 Å². The van der Waals surface area contributed by atoms with Crippen LogP contribution in [0.3, 0.4) is 0 Å². The van der Waals surface area contributed by atoms with Gasteiger partial charge < -0.3 is 11.1 Å². The fourth-order valence-corrected chi connectivity index (χ4v) is 2.54. The zero-order valence-electron chi connectivity index (χ0n) is 10.1. The van der Waals surface area contributed by atoms with Crippen LogP contribution < -0.4 is 11.1 Å². The Morgan fingerprint density at radius 1 is 1.29 bits per heavy atom. The molecule has 0 radical (unpaired) electrons. The number of hydrogen-bond donors (Lipinski definition) is 2. The van der Waals surface area contributed by atoms with Crippen LogP contribution in [-0.2, 0) is 6.54 Å². The molecule has 17 heavy (non-hydrogen) atoms. The highest BCUT2D eigenvalue weighted by molar-refractivity contribution is 5.94. The fraction of sp³-hybridized carbons (Fsp3) is 0.500. The van der Waals surface area contributed by atoms with Gasteiger partial charge in [0.2, 0.25) is 5.91 Å². The molecule has 3 N–H and O–H groups in total. The predicted molar refractivity (Wildman–Crippen MR) is 68.6 cm³/mol. The lowest BCUT2D eigenvalue weighted by Crippen LogP contribution is -2.23. The third-order valence-corrected chi connectivity index (χ3v) is 3.51. The molecule has 92 valence electrons. The Bertz CT molecular complexity index is 384. The number of nitrogens with two attached hydrogens (primary N) is 1. The molecule has 1 aliphatic carbocycles. The average Bonchev–Trinajstić information content (AvgIpc) is 2.82. The van der Waals surface area contributed by atoms with Crippen molar-refractivity contribution in [2.45, 2.75) is 32.2 Å². The first kappa shape index (κ1) is 12.1. The first-order valence-corrected chi connectivity index (χ1v) is 6.36. The molecule has 0 aromatic heterocycles. The van der Waals surface area contributed by atoms with Gasteiger partial charge in [-0.2, -0.15) is 0 Å². The third kappa shape index (κ3) is 3.30. The van der Waals surface area contributed by atoms with E-state index in [9.17, 15) is 4.79 Å². The number of hydrogen-bond acceptors (Lipinski definition) is 2. The second-order valence-electron chi connectivity index (χ2n) is 4.80. The zero-order chi connectivity index (χ0) is 12.1. The minimum Gasteiger partial charge on any atom is -0.366 e. The molecule has 1 aromatic carbocycles. The summed E-state index contributed by atoms with van der Waals surface area (Å²) in [5.41, 5.74) is 6.97. The Kier molecular flexibility index (Phi) is 4.15. The Labute approximate surface area is 102 Å². The van der Waals surface area contributed by atoms with E-state index in [-0.39, 0.29) is 5.91 Å². The summed E-state index contributed by atoms with van der Waals surface area (Å²) >= 11 is 0. The van der Waals surface area contributed by atoms with Crippen molar-refractivity contribution in [1.82, 2.24) is 5.32 Å². The maximum Gasteiger partial charge on any atom is 0.249 e. The van der Waals surface area contributed by atoms with Crippen LogP contribution in [0, 0.1) is 5.92 Å². The summed E-state index contributed by atoms with van der Waals surface area (Å²) in [6, 6.07) is 7.54. The second kappa shape index (κ2) is 5.82. The lowest BCUT2D eigenvalue weighted by molar-refractivity contribution is 0.0999. The first-order valence-electron chi connectivity index (χ1n) is 6.36. The highest BCUT2D eigenvalue weighted by Gasteiger charge is 2.14. The molecular formula is C14H20N2O. The Hall–Kier alpha value is -1.35. The van der Waals surface area contributed by atoms with Gasteiger partial charge in [-0.05, 0) is 36.9 Å². The minimum atomic E-state index is -0.344. The Morgan fingerprint density at radius 3 is 2.71 bits per heavy atom. The molecule has 2 rings (SSSR count). The largest absolute Gasteiger partial charge is 0.366 e. The Balaban J connectivity index is 1.87. The molecule has 3 nitrogen and oxygen atoms in total. The quantitative estimate of drug-likeness (QED) is 0.816. The van der Waals surface area contributed by atoms with Gasteiger partial charge in [0.1, 0.15) is 0 Å². The van der Waals surface area contributed by atoms with E-state index in [2.05, 4.69) is 5.32 Å². The molecule has 0 heterocycles. The molecule has 3 heteroatoms. The molecule has 1 aromatic rings. The van der Waals surface area contributed by atoms with E-state index >= 15 is 0 Å². The number of benzene rings is 1. The van der Waals surface area contributed by atoms with Crippen LogP contribution in [0.4, 0.5) is 0 Å². The second-order valence-corrected chi connectivity index (χ2v) is 4.80. The van der Waals surface area contributed by atoms with E-state index in [0.29, 0.717) is 5.56 Å². The molecule has 0 atom stereocenters. The van der Waals surface area contributed by atoms with E-state index in [0.717, 1.165) is 24.6 Å². The van der Waals surface area contributed by atoms with Gasteiger partial charge in [0.15, 0.2) is 0 Å². The van der Waals surface area contributed by atoms with Crippen molar-refractivity contribution >= 4 is 5.91 Å². The van der Waals surface area contributed by atoms with Gasteiger partial charge in [0.05, 0.1) is 0 Å². The summed E-state index contributed by atoms with van der Waals surface area (Å²) in [5.74, 6) is 0.471. The van der Waals surface area contributed by atoms with Crippen LogP contribution in [0.25, 0.3) is 0 Å². The van der Waals surface area contributed by atoms with Crippen molar-refractivity contribution in [2.24, 2.45) is 11.7 Å². The van der Waals surface area contributed by atoms with E-state index in [1.807, 2.05) is 18.2 Å². The van der Waals surface area contributed by atoms with Gasteiger partial charge >= 0.3 is 0 Å². The van der Waals surface area contributed by atoms with Gasteiger partial charge in [-0.25, -0.2) is 0 Å². The smallest absolute Gasteiger partial charge is 0.249 e. The SMILES string of the molecule is NC(=O)c1ccccc1CNCC1CCCC1. The van der Waals surface area contributed by atoms with Crippen molar-refractivity contribution in [1.29, 1.82) is 0 Å². The summed E-state index contributed by atoms with van der Waals surface area (Å²) < 4.78 is 0. The highest BCUT2D eigenvalue weighted by atomic mass is 16.1. The number of carbonyl (C=O) groups is 1. The van der Waals surface area contributed by atoms with E-state index in [1.165, 1.54) is 25.7 Å². The van der Waals surface area contributed by atoms with Crippen molar-refractivity contribution in [3.05, 3.63) is 35.4 Å². The van der Waals surface area contributed by atoms with Crippen LogP contribution in [-0.4, -0.2) is 12.5 Å². The molecule has 0 unspecified atom stereocenters. The zero-order valence-corrected chi connectivity index (χ0v) is 10.1. The van der Waals surface area contributed by atoms with Crippen LogP contribution >= 0.6 is 0 Å². The summed E-state index contributed by atoms with van der Waals surface area (Å²) in [6.07, 6.45) is 5.41. The molecule has 0 bridgehead atoms. The molecule has 0 saturated heterocycles. The number of primary amides is 1. The molecular weight excluding hydrogens is 212 g/mol. The predicted octanol–water partition coefficient (Wildman–Crippen LogP) is 2.07. The van der Waals surface area contributed by atoms with Gasteiger partial charge in [-0.1, -0.05) is 31.0 Å². The molecule has 1 amide bonds. The van der Waals surface area contributed by atoms with Gasteiger partial charge in [0, 0.05) is 12.1 Å². The van der Waals surface area contributed by atoms with Crippen LogP contribution in [0.5, 0.6) is 0 Å². The number of carbonyl (C=O) groups excluding carboxylic acids is 1. The molecule has 1 aliphatic rings. The number of nitrogens with one attached hydrogen (secondary N) is 1. The van der Waals surface area contributed by atoms with Crippen molar-refractivity contribution < 1.29 is 4.79 Å². The molecule has 1 fully saturated rings. The Morgan fingerprint density at radius 2 is 2.00 bits per heavy atom. The number of amides is 1. The monoisotopic (exact) mass is 232 g/mol. The van der Waals surface area contributed by atoms with Crippen molar-refractivity contribution in [2.75, 3.05) is 6.54 Å². The van der Waals surface area contributed by atoms with Gasteiger partial charge in [-0.15, -0.1) is 0 Å². The van der Waals surface area contributed by atoms with E-state index in [4.69, 9.17) is 5.73 Å². The number of rotatable bonds is 5. The maximum atomic E-state index is 11.2. The summed E-state index contributed by atoms with van der Waals surface area (Å²) in [4.78, 5) is 11.2. The first-order chi connectivity index (χ1) is 8.27. The summed E-state index contributed by atoms with van der Waals surface area (Å²) in [5, 5.41) is 3.43. The summed E-state index contributed by atoms with van der Waals surface area (Å²) in [7, 11) is 0. The van der Waals surface area contributed by atoms with Crippen LogP contribution in [0.1, 0.15) is 41.6 Å². The molecule has 0 spiro atoms. The fourth-order valence-electron chi connectivity index (χ4n) is 2.54. The average molecular weight is 232 g/mol. The molecule has 0 aliphatic heterocycles. The lowest BCUT2D eigenvalue weighted by atomic mass is 10.1. The maximum absolute atomic E-state index is 11.2. The molecule has 1 saturated carbocycles. The van der Waals surface area contributed by atoms with Gasteiger partial charge in [-0.3, -0.25) is 4.79 Å². The standard InChI is InChI=1S/C14H20N2O/c15-14(17)13-8-4-3-7-12(13)10-16-9-11-5-1-2-6-11/h3-4,7-8,11,16H,1-2,5-6,9-10H2,(H2,15,17). The summed E-state index contributed by atoms with van der Waals surface area (Å²) in [6.45, 7) is 1.78. The van der Waals surface area contributed by atoms with E-state index < -0.39 is 0 Å². The normalized spacial score (nSPS) is 16.2. The van der Waals surface area contributed by atoms with Crippen molar-refractivity contribution in [3.63, 3.8) is 0 Å². The van der Waals surface area contributed by atoms with E-state index in [1.54, 1.807) is 6.07 Å². The van der Waals surface area contributed by atoms with Crippen LogP contribution in [0.2, 0.25) is 0 Å². The van der Waals surface area contributed by atoms with Crippen molar-refractivity contribution in [3.8, 4) is 0 Å². The minimum absolute atomic E-state index is 0.344. The topological polar surface area (TPSA) is 55.1 Å². The lowest BCUT2D eigenvalue weighted by Gasteiger charge is -2.12. The highest BCUT2D eigenvalue weighted by Crippen LogP contribution is 2.23.